The van der Waals surface area contributed by atoms with Crippen LogP contribution in [0.15, 0.2) is 72.8 Å². The van der Waals surface area contributed by atoms with E-state index in [1.807, 2.05) is 24.3 Å². The standard InChI is InChI=1S/C26H27FN2O2S/c1-30-25-17-21(11-12-24(25)31-19-22-9-5-6-10-23(22)27)26(32)29-15-13-28(14-16-29)18-20-7-3-2-4-8-20/h2-12,17H,13-16,18-19H2,1H3. The van der Waals surface area contributed by atoms with E-state index in [0.717, 1.165) is 43.3 Å². The van der Waals surface area contributed by atoms with Crippen LogP contribution in [0.1, 0.15) is 16.7 Å². The van der Waals surface area contributed by atoms with E-state index in [1.54, 1.807) is 25.3 Å². The fourth-order valence-electron chi connectivity index (χ4n) is 3.82. The molecule has 3 aromatic carbocycles. The number of rotatable bonds is 7. The van der Waals surface area contributed by atoms with Crippen molar-refractivity contribution >= 4 is 17.2 Å². The number of methoxy groups -OCH3 is 1. The second-order valence-electron chi connectivity index (χ2n) is 7.80. The molecule has 0 N–H and O–H groups in total. The maximum absolute atomic E-state index is 13.9. The summed E-state index contributed by atoms with van der Waals surface area (Å²) < 4.78 is 25.2. The van der Waals surface area contributed by atoms with Crippen molar-refractivity contribution in [3.8, 4) is 11.5 Å². The van der Waals surface area contributed by atoms with E-state index in [4.69, 9.17) is 21.7 Å². The molecule has 1 heterocycles. The molecule has 4 rings (SSSR count). The highest BCUT2D eigenvalue weighted by molar-refractivity contribution is 7.80. The fourth-order valence-corrected chi connectivity index (χ4v) is 4.13. The molecule has 1 fully saturated rings. The Hall–Kier alpha value is -2.96. The lowest BCUT2D eigenvalue weighted by Crippen LogP contribution is -2.48. The zero-order valence-corrected chi connectivity index (χ0v) is 19.0. The Labute approximate surface area is 194 Å². The smallest absolute Gasteiger partial charge is 0.161 e. The average Bonchev–Trinajstić information content (AvgIpc) is 2.84. The highest BCUT2D eigenvalue weighted by Crippen LogP contribution is 2.30. The minimum absolute atomic E-state index is 0.135. The number of nitrogens with zero attached hydrogens (tertiary/aromatic N) is 2. The molecule has 1 aliphatic heterocycles. The van der Waals surface area contributed by atoms with Crippen LogP contribution in [-0.4, -0.2) is 48.1 Å². The third-order valence-electron chi connectivity index (χ3n) is 5.66. The van der Waals surface area contributed by atoms with E-state index in [9.17, 15) is 4.39 Å². The van der Waals surface area contributed by atoms with Crippen LogP contribution < -0.4 is 9.47 Å². The number of ether oxygens (including phenoxy) is 2. The average molecular weight is 451 g/mol. The summed E-state index contributed by atoms with van der Waals surface area (Å²) in [6, 6.07) is 22.8. The topological polar surface area (TPSA) is 24.9 Å². The molecule has 0 unspecified atom stereocenters. The molecule has 32 heavy (non-hydrogen) atoms. The Kier molecular flexibility index (Phi) is 7.35. The molecule has 0 aliphatic carbocycles. The molecule has 0 atom stereocenters. The number of thiocarbonyl (C=S) groups is 1. The van der Waals surface area contributed by atoms with Gasteiger partial charge >= 0.3 is 0 Å². The SMILES string of the molecule is COc1cc(C(=S)N2CCN(Cc3ccccc3)CC2)ccc1OCc1ccccc1F. The maximum atomic E-state index is 13.9. The van der Waals surface area contributed by atoms with Crippen LogP contribution in [-0.2, 0) is 13.2 Å². The summed E-state index contributed by atoms with van der Waals surface area (Å²) in [5.74, 6) is 0.870. The first kappa shape index (κ1) is 22.2. The van der Waals surface area contributed by atoms with E-state index < -0.39 is 0 Å². The first-order chi connectivity index (χ1) is 15.6. The molecule has 6 heteroatoms. The highest BCUT2D eigenvalue weighted by Gasteiger charge is 2.21. The van der Waals surface area contributed by atoms with Gasteiger partial charge in [-0.3, -0.25) is 4.90 Å². The van der Waals surface area contributed by atoms with Gasteiger partial charge in [0.15, 0.2) is 11.5 Å². The lowest BCUT2D eigenvalue weighted by Gasteiger charge is -2.36. The second kappa shape index (κ2) is 10.6. The van der Waals surface area contributed by atoms with E-state index in [-0.39, 0.29) is 12.4 Å². The lowest BCUT2D eigenvalue weighted by atomic mass is 10.1. The van der Waals surface area contributed by atoms with Crippen LogP contribution in [0.2, 0.25) is 0 Å². The maximum Gasteiger partial charge on any atom is 0.161 e. The molecule has 3 aromatic rings. The molecule has 0 radical (unpaired) electrons. The van der Waals surface area contributed by atoms with Crippen molar-refractivity contribution in [2.45, 2.75) is 13.2 Å². The van der Waals surface area contributed by atoms with Crippen LogP contribution in [0.3, 0.4) is 0 Å². The molecule has 0 saturated carbocycles. The zero-order valence-electron chi connectivity index (χ0n) is 18.2. The summed E-state index contributed by atoms with van der Waals surface area (Å²) >= 11 is 5.78. The van der Waals surface area contributed by atoms with Crippen molar-refractivity contribution in [2.24, 2.45) is 0 Å². The Balaban J connectivity index is 1.36. The molecule has 0 bridgehead atoms. The van der Waals surface area contributed by atoms with Gasteiger partial charge in [0, 0.05) is 43.9 Å². The van der Waals surface area contributed by atoms with Gasteiger partial charge in [-0.1, -0.05) is 60.7 Å². The Morgan fingerprint density at radius 1 is 0.906 bits per heavy atom. The molecule has 1 aliphatic rings. The molecular weight excluding hydrogens is 423 g/mol. The van der Waals surface area contributed by atoms with Crippen molar-refractivity contribution in [3.05, 3.63) is 95.3 Å². The van der Waals surface area contributed by atoms with Crippen LogP contribution in [0, 0.1) is 5.82 Å². The van der Waals surface area contributed by atoms with Gasteiger partial charge in [-0.2, -0.15) is 0 Å². The first-order valence-electron chi connectivity index (χ1n) is 10.7. The summed E-state index contributed by atoms with van der Waals surface area (Å²) in [5, 5.41) is 0. The molecular formula is C26H27FN2O2S. The van der Waals surface area contributed by atoms with Crippen molar-refractivity contribution in [1.82, 2.24) is 9.80 Å². The summed E-state index contributed by atoms with van der Waals surface area (Å²) in [5.41, 5.74) is 2.76. The molecule has 0 spiro atoms. The summed E-state index contributed by atoms with van der Waals surface area (Å²) in [6.07, 6.45) is 0. The minimum atomic E-state index is -0.282. The first-order valence-corrected chi connectivity index (χ1v) is 11.1. The largest absolute Gasteiger partial charge is 0.493 e. The van der Waals surface area contributed by atoms with Gasteiger partial charge in [-0.25, -0.2) is 4.39 Å². The molecule has 0 amide bonds. The third-order valence-corrected chi connectivity index (χ3v) is 6.15. The number of hydrogen-bond acceptors (Lipinski definition) is 4. The monoisotopic (exact) mass is 450 g/mol. The van der Waals surface area contributed by atoms with E-state index in [2.05, 4.69) is 34.1 Å². The predicted molar refractivity (Wildman–Crippen MR) is 129 cm³/mol. The molecule has 1 saturated heterocycles. The van der Waals surface area contributed by atoms with Crippen molar-refractivity contribution in [1.29, 1.82) is 0 Å². The van der Waals surface area contributed by atoms with Crippen LogP contribution >= 0.6 is 12.2 Å². The van der Waals surface area contributed by atoms with Crippen molar-refractivity contribution < 1.29 is 13.9 Å². The van der Waals surface area contributed by atoms with E-state index >= 15 is 0 Å². The summed E-state index contributed by atoms with van der Waals surface area (Å²) in [7, 11) is 1.60. The Bertz CT molecular complexity index is 1050. The van der Waals surface area contributed by atoms with Crippen LogP contribution in [0.5, 0.6) is 11.5 Å². The Morgan fingerprint density at radius 2 is 1.62 bits per heavy atom. The second-order valence-corrected chi connectivity index (χ2v) is 8.19. The fraction of sp³-hybridized carbons (Fsp3) is 0.269. The zero-order chi connectivity index (χ0) is 22.3. The highest BCUT2D eigenvalue weighted by atomic mass is 32.1. The van der Waals surface area contributed by atoms with Gasteiger partial charge in [0.25, 0.3) is 0 Å². The normalized spacial score (nSPS) is 14.2. The van der Waals surface area contributed by atoms with Crippen molar-refractivity contribution in [2.75, 3.05) is 33.3 Å². The van der Waals surface area contributed by atoms with Gasteiger partial charge in [0.1, 0.15) is 17.4 Å². The number of piperazine rings is 1. The van der Waals surface area contributed by atoms with Gasteiger partial charge in [-0.05, 0) is 29.8 Å². The number of halogens is 1. The van der Waals surface area contributed by atoms with Crippen molar-refractivity contribution in [3.63, 3.8) is 0 Å². The molecule has 4 nitrogen and oxygen atoms in total. The molecule has 166 valence electrons. The van der Waals surface area contributed by atoms with E-state index in [1.165, 1.54) is 11.6 Å². The lowest BCUT2D eigenvalue weighted by molar-refractivity contribution is 0.177. The number of benzene rings is 3. The predicted octanol–water partition coefficient (Wildman–Crippen LogP) is 4.91. The van der Waals surface area contributed by atoms with Gasteiger partial charge in [0.05, 0.1) is 7.11 Å². The molecule has 0 aromatic heterocycles. The van der Waals surface area contributed by atoms with Gasteiger partial charge in [-0.15, -0.1) is 0 Å². The Morgan fingerprint density at radius 3 is 2.34 bits per heavy atom. The minimum Gasteiger partial charge on any atom is -0.493 e. The van der Waals surface area contributed by atoms with E-state index in [0.29, 0.717) is 17.1 Å². The van der Waals surface area contributed by atoms with Crippen LogP contribution in [0.25, 0.3) is 0 Å². The summed E-state index contributed by atoms with van der Waals surface area (Å²) in [6.45, 7) is 4.81. The van der Waals surface area contributed by atoms with Gasteiger partial charge in [0.2, 0.25) is 0 Å². The summed E-state index contributed by atoms with van der Waals surface area (Å²) in [4.78, 5) is 5.50. The quantitative estimate of drug-likeness (QED) is 0.477. The number of hydrogen-bond donors (Lipinski definition) is 0. The van der Waals surface area contributed by atoms with Crippen LogP contribution in [0.4, 0.5) is 4.39 Å². The third kappa shape index (κ3) is 5.44. The van der Waals surface area contributed by atoms with Gasteiger partial charge < -0.3 is 14.4 Å².